The van der Waals surface area contributed by atoms with E-state index in [2.05, 4.69) is 25.0 Å². The van der Waals surface area contributed by atoms with Crippen LogP contribution in [0, 0.1) is 0 Å². The molecular formula is C16H25F6N5O. The molecule has 162 valence electrons. The summed E-state index contributed by atoms with van der Waals surface area (Å²) < 4.78 is 81.1. The van der Waals surface area contributed by atoms with E-state index in [1.807, 2.05) is 20.8 Å². The Bertz CT molecular complexity index is 590. The molecule has 0 aliphatic heterocycles. The zero-order valence-corrected chi connectivity index (χ0v) is 16.2. The SMILES string of the molecule is CCCN(CCC)c1nc(NC(C)CC)nc(OC(C(F)(F)F)C(F)(F)F)n1. The number of aromatic nitrogens is 3. The minimum Gasteiger partial charge on any atom is -0.440 e. The maximum atomic E-state index is 12.8. The number of anilines is 2. The van der Waals surface area contributed by atoms with Gasteiger partial charge in [-0.15, -0.1) is 0 Å². The van der Waals surface area contributed by atoms with Crippen molar-refractivity contribution in [1.82, 2.24) is 15.0 Å². The third kappa shape index (κ3) is 7.19. The Balaban J connectivity index is 3.34. The second-order valence-corrected chi connectivity index (χ2v) is 6.26. The Labute approximate surface area is 159 Å². The maximum absolute atomic E-state index is 12.8. The van der Waals surface area contributed by atoms with Crippen LogP contribution in [0.15, 0.2) is 0 Å². The van der Waals surface area contributed by atoms with Gasteiger partial charge in [-0.1, -0.05) is 20.8 Å². The van der Waals surface area contributed by atoms with Crippen molar-refractivity contribution in [3.63, 3.8) is 0 Å². The molecule has 0 amide bonds. The summed E-state index contributed by atoms with van der Waals surface area (Å²) in [5.41, 5.74) is 0. The summed E-state index contributed by atoms with van der Waals surface area (Å²) in [4.78, 5) is 13.1. The Morgan fingerprint density at radius 3 is 1.89 bits per heavy atom. The Kier molecular flexibility index (Phi) is 8.55. The molecule has 0 fully saturated rings. The van der Waals surface area contributed by atoms with Gasteiger partial charge in [0.2, 0.25) is 11.9 Å². The van der Waals surface area contributed by atoms with Gasteiger partial charge in [-0.05, 0) is 26.2 Å². The van der Waals surface area contributed by atoms with Crippen molar-refractivity contribution < 1.29 is 31.1 Å². The number of ether oxygens (including phenoxy) is 1. The zero-order chi connectivity index (χ0) is 21.5. The van der Waals surface area contributed by atoms with Gasteiger partial charge in [-0.25, -0.2) is 0 Å². The quantitative estimate of drug-likeness (QED) is 0.563. The molecule has 1 N–H and O–H groups in total. The lowest BCUT2D eigenvalue weighted by atomic mass is 10.3. The van der Waals surface area contributed by atoms with E-state index in [0.717, 1.165) is 0 Å². The van der Waals surface area contributed by atoms with Gasteiger partial charge in [0.25, 0.3) is 6.10 Å². The molecule has 1 atom stereocenters. The summed E-state index contributed by atoms with van der Waals surface area (Å²) >= 11 is 0. The molecule has 0 saturated carbocycles. The minimum atomic E-state index is -5.66. The third-order valence-corrected chi connectivity index (χ3v) is 3.68. The van der Waals surface area contributed by atoms with Crippen LogP contribution in [-0.2, 0) is 0 Å². The standard InChI is InChI=1S/C16H25F6N5O/c1-5-8-27(9-6-2)13-24-12(23-10(4)7-3)25-14(26-13)28-11(15(17,18)19)16(20,21)22/h10-11H,5-9H2,1-4H3,(H,23,24,25,26). The topological polar surface area (TPSA) is 63.2 Å². The highest BCUT2D eigenvalue weighted by Gasteiger charge is 2.59. The van der Waals surface area contributed by atoms with E-state index in [4.69, 9.17) is 0 Å². The molecular weight excluding hydrogens is 392 g/mol. The number of rotatable bonds is 10. The fraction of sp³-hybridized carbons (Fsp3) is 0.812. The first-order valence-corrected chi connectivity index (χ1v) is 8.99. The first kappa shape index (κ1) is 24.0. The normalized spacial score (nSPS) is 13.5. The van der Waals surface area contributed by atoms with Crippen LogP contribution < -0.4 is 15.0 Å². The lowest BCUT2D eigenvalue weighted by Gasteiger charge is -2.25. The summed E-state index contributed by atoms with van der Waals surface area (Å²) in [7, 11) is 0. The molecule has 1 aromatic rings. The molecule has 28 heavy (non-hydrogen) atoms. The Hall–Kier alpha value is -2.01. The molecule has 0 aromatic carbocycles. The first-order valence-electron chi connectivity index (χ1n) is 8.99. The summed E-state index contributed by atoms with van der Waals surface area (Å²) in [5.74, 6) is -0.183. The van der Waals surface area contributed by atoms with Gasteiger partial charge < -0.3 is 15.0 Å². The molecule has 1 unspecified atom stereocenters. The predicted octanol–water partition coefficient (Wildman–Crippen LogP) is 4.58. The molecule has 1 aromatic heterocycles. The van der Waals surface area contributed by atoms with Gasteiger partial charge in [0.05, 0.1) is 0 Å². The van der Waals surface area contributed by atoms with Crippen LogP contribution in [-0.4, -0.2) is 52.5 Å². The van der Waals surface area contributed by atoms with E-state index >= 15 is 0 Å². The molecule has 0 spiro atoms. The van der Waals surface area contributed by atoms with E-state index in [1.54, 1.807) is 11.8 Å². The van der Waals surface area contributed by atoms with Crippen LogP contribution >= 0.6 is 0 Å². The van der Waals surface area contributed by atoms with Crippen molar-refractivity contribution in [1.29, 1.82) is 0 Å². The number of hydrogen-bond acceptors (Lipinski definition) is 6. The van der Waals surface area contributed by atoms with Gasteiger partial charge >= 0.3 is 18.4 Å². The number of nitrogens with zero attached hydrogens (tertiary/aromatic N) is 4. The molecule has 1 rings (SSSR count). The molecule has 6 nitrogen and oxygen atoms in total. The van der Waals surface area contributed by atoms with Crippen LogP contribution in [0.5, 0.6) is 6.01 Å². The second-order valence-electron chi connectivity index (χ2n) is 6.26. The van der Waals surface area contributed by atoms with Gasteiger partial charge in [0.15, 0.2) is 0 Å². The smallest absolute Gasteiger partial charge is 0.434 e. The van der Waals surface area contributed by atoms with Crippen molar-refractivity contribution in [3.8, 4) is 6.01 Å². The number of alkyl halides is 6. The molecule has 0 radical (unpaired) electrons. The van der Waals surface area contributed by atoms with Gasteiger partial charge in [0.1, 0.15) is 0 Å². The largest absolute Gasteiger partial charge is 0.440 e. The Morgan fingerprint density at radius 1 is 0.929 bits per heavy atom. The van der Waals surface area contributed by atoms with E-state index in [9.17, 15) is 26.3 Å². The van der Waals surface area contributed by atoms with Crippen molar-refractivity contribution >= 4 is 11.9 Å². The van der Waals surface area contributed by atoms with E-state index in [1.165, 1.54) is 0 Å². The summed E-state index contributed by atoms with van der Waals surface area (Å²) in [6, 6.07) is -1.19. The average Bonchev–Trinajstić information content (AvgIpc) is 2.57. The lowest BCUT2D eigenvalue weighted by Crippen LogP contribution is -2.47. The average molecular weight is 417 g/mol. The lowest BCUT2D eigenvalue weighted by molar-refractivity contribution is -0.301. The van der Waals surface area contributed by atoms with Crippen molar-refractivity contribution in [2.24, 2.45) is 0 Å². The van der Waals surface area contributed by atoms with Crippen molar-refractivity contribution in [3.05, 3.63) is 0 Å². The summed E-state index contributed by atoms with van der Waals surface area (Å²) in [6.07, 6.45) is -13.4. The highest BCUT2D eigenvalue weighted by Crippen LogP contribution is 2.36. The van der Waals surface area contributed by atoms with Gasteiger partial charge in [-0.2, -0.15) is 41.3 Å². The summed E-state index contributed by atoms with van der Waals surface area (Å²) in [5, 5.41) is 2.83. The molecule has 12 heteroatoms. The highest BCUT2D eigenvalue weighted by atomic mass is 19.4. The number of halogens is 6. The fourth-order valence-corrected chi connectivity index (χ4v) is 2.20. The van der Waals surface area contributed by atoms with Gasteiger partial charge in [-0.3, -0.25) is 0 Å². The molecule has 0 bridgehead atoms. The molecule has 0 aliphatic carbocycles. The van der Waals surface area contributed by atoms with Crippen LogP contribution in [0.2, 0.25) is 0 Å². The number of hydrogen-bond donors (Lipinski definition) is 1. The van der Waals surface area contributed by atoms with E-state index < -0.39 is 24.5 Å². The predicted molar refractivity (Wildman–Crippen MR) is 92.5 cm³/mol. The van der Waals surface area contributed by atoms with Crippen LogP contribution in [0.3, 0.4) is 0 Å². The Morgan fingerprint density at radius 2 is 1.46 bits per heavy atom. The second kappa shape index (κ2) is 9.97. The highest BCUT2D eigenvalue weighted by molar-refractivity contribution is 5.39. The minimum absolute atomic E-state index is 0.0393. The van der Waals surface area contributed by atoms with Crippen molar-refractivity contribution in [2.75, 3.05) is 23.3 Å². The van der Waals surface area contributed by atoms with Crippen molar-refractivity contribution in [2.45, 2.75) is 71.5 Å². The fourth-order valence-electron chi connectivity index (χ4n) is 2.20. The monoisotopic (exact) mass is 417 g/mol. The van der Waals surface area contributed by atoms with Gasteiger partial charge in [0, 0.05) is 19.1 Å². The maximum Gasteiger partial charge on any atom is 0.434 e. The van der Waals surface area contributed by atoms with Crippen LogP contribution in [0.25, 0.3) is 0 Å². The van der Waals surface area contributed by atoms with Crippen LogP contribution in [0.1, 0.15) is 47.0 Å². The third-order valence-electron chi connectivity index (χ3n) is 3.68. The molecule has 1 heterocycles. The molecule has 0 saturated heterocycles. The summed E-state index contributed by atoms with van der Waals surface area (Å²) in [6.45, 7) is 8.32. The van der Waals surface area contributed by atoms with Crippen LogP contribution in [0.4, 0.5) is 38.2 Å². The molecule has 0 aliphatic rings. The first-order chi connectivity index (χ1) is 12.9. The zero-order valence-electron chi connectivity index (χ0n) is 16.2. The van der Waals surface area contributed by atoms with E-state index in [-0.39, 0.29) is 17.9 Å². The van der Waals surface area contributed by atoms with E-state index in [0.29, 0.717) is 32.4 Å². The number of nitrogens with one attached hydrogen (secondary N) is 1.